The van der Waals surface area contributed by atoms with Crippen LogP contribution in [0.1, 0.15) is 63.8 Å². The Labute approximate surface area is 263 Å². The number of aromatic nitrogens is 2. The van der Waals surface area contributed by atoms with Crippen LogP contribution in [-0.2, 0) is 22.4 Å². The Morgan fingerprint density at radius 1 is 0.814 bits per heavy atom. The van der Waals surface area contributed by atoms with Crippen LogP contribution < -0.4 is 20.3 Å². The van der Waals surface area contributed by atoms with Gasteiger partial charge >= 0.3 is 0 Å². The van der Waals surface area contributed by atoms with E-state index in [1.165, 1.54) is 34.9 Å². The van der Waals surface area contributed by atoms with Gasteiger partial charge < -0.3 is 9.47 Å². The molecule has 3 heterocycles. The summed E-state index contributed by atoms with van der Waals surface area (Å²) in [5.41, 5.74) is 10.9. The van der Waals surface area contributed by atoms with Gasteiger partial charge in [0, 0.05) is 12.8 Å². The molecule has 2 aliphatic heterocycles. The highest BCUT2D eigenvalue weighted by atomic mass is 32.2. The summed E-state index contributed by atoms with van der Waals surface area (Å²) in [5, 5.41) is 16.1. The lowest BCUT2D eigenvalue weighted by molar-refractivity contribution is -0.121. The van der Waals surface area contributed by atoms with Crippen molar-refractivity contribution in [1.29, 1.82) is 0 Å². The van der Waals surface area contributed by atoms with Gasteiger partial charge in [0.05, 0.1) is 21.9 Å². The van der Waals surface area contributed by atoms with E-state index in [9.17, 15) is 9.59 Å². The Morgan fingerprint density at radius 3 is 1.65 bits per heavy atom. The largest absolute Gasteiger partial charge is 0.490 e. The second-order valence-electron chi connectivity index (χ2n) is 10.6. The highest BCUT2D eigenvalue weighted by Crippen LogP contribution is 2.34. The van der Waals surface area contributed by atoms with Crippen LogP contribution in [0.15, 0.2) is 55.3 Å². The molecule has 2 aliphatic rings. The van der Waals surface area contributed by atoms with Gasteiger partial charge in [0.1, 0.15) is 23.7 Å². The maximum absolute atomic E-state index is 12.7. The smallest absolute Gasteiger partial charge is 0.253 e. The predicted molar refractivity (Wildman–Crippen MR) is 172 cm³/mol. The summed E-state index contributed by atoms with van der Waals surface area (Å²) in [6.45, 7) is 11.4. The van der Waals surface area contributed by atoms with Crippen molar-refractivity contribution in [2.45, 2.75) is 85.8 Å². The molecule has 0 bridgehead atoms. The summed E-state index contributed by atoms with van der Waals surface area (Å²) < 4.78 is 12.8. The number of nitrogens with zero attached hydrogens (tertiary/aromatic N) is 4. The normalized spacial score (nSPS) is 19.1. The molecule has 43 heavy (non-hydrogen) atoms. The highest BCUT2D eigenvalue weighted by molar-refractivity contribution is 8.04. The first-order chi connectivity index (χ1) is 20.5. The summed E-state index contributed by atoms with van der Waals surface area (Å²) in [4.78, 5) is 25.4. The van der Waals surface area contributed by atoms with Crippen molar-refractivity contribution in [3.05, 3.63) is 58.7 Å². The third-order valence-corrected chi connectivity index (χ3v) is 10.3. The van der Waals surface area contributed by atoms with E-state index >= 15 is 0 Å². The van der Waals surface area contributed by atoms with Crippen molar-refractivity contribution in [1.82, 2.24) is 21.0 Å². The molecule has 4 unspecified atom stereocenters. The molecule has 0 aliphatic carbocycles. The average Bonchev–Trinajstić information content (AvgIpc) is 3.69. The predicted octanol–water partition coefficient (Wildman–Crippen LogP) is 5.23. The molecular formula is C30H34N6O4S3. The lowest BCUT2D eigenvalue weighted by Crippen LogP contribution is -2.27. The van der Waals surface area contributed by atoms with Gasteiger partial charge in [0.2, 0.25) is 0 Å². The summed E-state index contributed by atoms with van der Waals surface area (Å²) in [5.74, 6) is 1.34. The first-order valence-corrected chi connectivity index (χ1v) is 16.6. The zero-order valence-electron chi connectivity index (χ0n) is 24.8. The number of carbonyl (C=O) groups excluding carboxylic acids is 2. The molecule has 2 aromatic carbocycles. The molecule has 0 radical (unpaired) electrons. The second kappa shape index (κ2) is 13.5. The Kier molecular flexibility index (Phi) is 9.72. The lowest BCUT2D eigenvalue weighted by Gasteiger charge is -2.09. The maximum atomic E-state index is 12.7. The zero-order valence-corrected chi connectivity index (χ0v) is 27.3. The topological polar surface area (TPSA) is 127 Å². The number of nitrogens with one attached hydrogen (secondary N) is 2. The fourth-order valence-corrected chi connectivity index (χ4v) is 7.88. The van der Waals surface area contributed by atoms with E-state index in [0.717, 1.165) is 46.6 Å². The molecule has 226 valence electrons. The van der Waals surface area contributed by atoms with E-state index in [-0.39, 0.29) is 24.0 Å². The summed E-state index contributed by atoms with van der Waals surface area (Å²) in [7, 11) is 0. The van der Waals surface area contributed by atoms with Crippen LogP contribution in [0.3, 0.4) is 0 Å². The Morgan fingerprint density at radius 2 is 1.23 bits per heavy atom. The van der Waals surface area contributed by atoms with Crippen molar-refractivity contribution < 1.29 is 19.1 Å². The van der Waals surface area contributed by atoms with Crippen molar-refractivity contribution in [3.8, 4) is 11.5 Å². The van der Waals surface area contributed by atoms with Crippen molar-refractivity contribution in [2.75, 3.05) is 0 Å². The fraction of sp³-hybridized carbons (Fsp3) is 0.400. The number of rotatable bonds is 10. The summed E-state index contributed by atoms with van der Waals surface area (Å²) >= 11 is 3.93. The fourth-order valence-electron chi connectivity index (χ4n) is 4.58. The van der Waals surface area contributed by atoms with E-state index < -0.39 is 10.5 Å². The zero-order chi connectivity index (χ0) is 30.7. The Balaban J connectivity index is 1.09. The van der Waals surface area contributed by atoms with Crippen molar-refractivity contribution in [2.24, 2.45) is 10.2 Å². The van der Waals surface area contributed by atoms with Gasteiger partial charge in [-0.3, -0.25) is 9.59 Å². The molecule has 0 saturated carbocycles. The van der Waals surface area contributed by atoms with Gasteiger partial charge in [0.25, 0.3) is 11.8 Å². The molecular weight excluding hydrogens is 605 g/mol. The molecule has 2 N–H and O–H groups in total. The average molecular weight is 639 g/mol. The molecule has 3 aromatic rings. The van der Waals surface area contributed by atoms with E-state index in [1.807, 2.05) is 52.0 Å². The van der Waals surface area contributed by atoms with E-state index in [2.05, 4.69) is 43.4 Å². The van der Waals surface area contributed by atoms with Gasteiger partial charge in [0.15, 0.2) is 8.68 Å². The number of fused-ring (bicyclic) bond motifs is 2. The van der Waals surface area contributed by atoms with Crippen LogP contribution in [0, 0.1) is 0 Å². The van der Waals surface area contributed by atoms with Gasteiger partial charge in [-0.15, -0.1) is 10.2 Å². The number of thioether (sulfide) groups is 2. The third kappa shape index (κ3) is 7.76. The number of hydrogen-bond donors (Lipinski definition) is 2. The molecule has 0 spiro atoms. The van der Waals surface area contributed by atoms with Crippen LogP contribution in [0.25, 0.3) is 0 Å². The number of hydrogen-bond acceptors (Lipinski definition) is 11. The minimum absolute atomic E-state index is 0.171. The van der Waals surface area contributed by atoms with Crippen LogP contribution >= 0.6 is 34.9 Å². The van der Waals surface area contributed by atoms with Gasteiger partial charge in [-0.25, -0.2) is 10.9 Å². The number of benzene rings is 2. The molecule has 2 amide bonds. The summed E-state index contributed by atoms with van der Waals surface area (Å²) in [6.07, 6.45) is 2.07. The monoisotopic (exact) mass is 638 g/mol. The van der Waals surface area contributed by atoms with Crippen LogP contribution in [0.4, 0.5) is 0 Å². The number of hydrazone groups is 2. The van der Waals surface area contributed by atoms with E-state index in [4.69, 9.17) is 9.47 Å². The lowest BCUT2D eigenvalue weighted by atomic mass is 10.0. The molecule has 4 atom stereocenters. The SMILES string of the molecule is CC(=NNC(=O)C(C)Sc1nnc(SC(C)C(=O)NN=C(C)c2ccc3c(c2)CC(C)O3)s1)c1ccc2c(c1)CC(C)O2. The van der Waals surface area contributed by atoms with Gasteiger partial charge in [-0.2, -0.15) is 10.2 Å². The molecule has 5 rings (SSSR count). The third-order valence-electron chi connectivity index (χ3n) is 6.98. The van der Waals surface area contributed by atoms with Crippen LogP contribution in [0.5, 0.6) is 11.5 Å². The molecule has 10 nitrogen and oxygen atoms in total. The quantitative estimate of drug-likeness (QED) is 0.176. The second-order valence-corrected chi connectivity index (χ2v) is 14.8. The van der Waals surface area contributed by atoms with Crippen molar-refractivity contribution in [3.63, 3.8) is 0 Å². The maximum Gasteiger partial charge on any atom is 0.253 e. The highest BCUT2D eigenvalue weighted by Gasteiger charge is 2.22. The van der Waals surface area contributed by atoms with Crippen molar-refractivity contribution >= 4 is 58.1 Å². The minimum atomic E-state index is -0.441. The number of carbonyl (C=O) groups is 2. The number of ether oxygens (including phenoxy) is 2. The van der Waals surface area contributed by atoms with Crippen LogP contribution in [-0.4, -0.2) is 56.1 Å². The van der Waals surface area contributed by atoms with E-state index in [1.54, 1.807) is 13.8 Å². The first kappa shape index (κ1) is 31.0. The molecule has 0 saturated heterocycles. The molecule has 1 aromatic heterocycles. The van der Waals surface area contributed by atoms with E-state index in [0.29, 0.717) is 20.1 Å². The first-order valence-electron chi connectivity index (χ1n) is 14.0. The molecule has 0 fully saturated rings. The minimum Gasteiger partial charge on any atom is -0.490 e. The van der Waals surface area contributed by atoms with Gasteiger partial charge in [-0.05, 0) is 100 Å². The Hall–Kier alpha value is -3.42. The molecule has 13 heteroatoms. The standard InChI is InChI=1S/C30H34N6O4S3/c1-15-11-23-13-21(7-9-25(23)39-15)17(3)31-33-27(37)19(5)41-29-35-36-30(43-29)42-20(6)28(38)34-32-18(4)22-8-10-26-24(14-22)12-16(2)40-26/h7-10,13-16,19-20H,11-12H2,1-6H3,(H,33,37)(H,34,38). The van der Waals surface area contributed by atoms with Gasteiger partial charge in [-0.1, -0.05) is 34.9 Å². The number of amides is 2. The summed E-state index contributed by atoms with van der Waals surface area (Å²) in [6, 6.07) is 11.9. The van der Waals surface area contributed by atoms with Crippen LogP contribution in [0.2, 0.25) is 0 Å². The Bertz CT molecular complexity index is 1480.